The maximum absolute atomic E-state index is 14.8. The second kappa shape index (κ2) is 10.6. The predicted molar refractivity (Wildman–Crippen MR) is 158 cm³/mol. The second-order valence-electron chi connectivity index (χ2n) is 11.3. The van der Waals surface area contributed by atoms with E-state index in [0.29, 0.717) is 40.8 Å². The molecule has 0 saturated carbocycles. The van der Waals surface area contributed by atoms with Crippen molar-refractivity contribution in [2.75, 3.05) is 19.7 Å². The summed E-state index contributed by atoms with van der Waals surface area (Å²) in [6, 6.07) is 13.4. The number of aromatic carboxylic acids is 1. The van der Waals surface area contributed by atoms with E-state index in [4.69, 9.17) is 30.8 Å². The first-order chi connectivity index (χ1) is 20.7. The zero-order chi connectivity index (χ0) is 29.9. The lowest BCUT2D eigenvalue weighted by atomic mass is 9.97. The molecule has 0 unspecified atom stereocenters. The number of aromatic nitrogens is 3. The lowest BCUT2D eigenvalue weighted by Crippen LogP contribution is -2.35. The molecule has 3 aliphatic heterocycles. The number of benzene rings is 2. The number of nitrogens with zero attached hydrogens (tertiary/aromatic N) is 4. The highest BCUT2D eigenvalue weighted by Gasteiger charge is 2.42. The summed E-state index contributed by atoms with van der Waals surface area (Å²) in [5.74, 6) is -0.898. The van der Waals surface area contributed by atoms with Gasteiger partial charge in [-0.2, -0.15) is 0 Å². The Morgan fingerprint density at radius 1 is 1.21 bits per heavy atom. The Kier molecular flexibility index (Phi) is 6.87. The number of rotatable bonds is 7. The Morgan fingerprint density at radius 3 is 2.74 bits per heavy atom. The van der Waals surface area contributed by atoms with Crippen molar-refractivity contribution in [3.05, 3.63) is 88.1 Å². The van der Waals surface area contributed by atoms with E-state index in [1.807, 2.05) is 22.8 Å². The van der Waals surface area contributed by atoms with Crippen molar-refractivity contribution in [3.63, 3.8) is 0 Å². The van der Waals surface area contributed by atoms with E-state index in [9.17, 15) is 14.3 Å². The van der Waals surface area contributed by atoms with Crippen LogP contribution in [-0.2, 0) is 17.1 Å². The van der Waals surface area contributed by atoms with E-state index in [1.54, 1.807) is 25.1 Å². The first-order valence-electron chi connectivity index (χ1n) is 14.3. The number of hydrogen-bond acceptors (Lipinski definition) is 7. The number of hydrogen-bond donors (Lipinski definition) is 1. The molecule has 11 heteroatoms. The minimum absolute atomic E-state index is 0.00980. The van der Waals surface area contributed by atoms with Crippen molar-refractivity contribution in [1.29, 1.82) is 0 Å². The van der Waals surface area contributed by atoms with Crippen LogP contribution in [0.2, 0.25) is 5.02 Å². The van der Waals surface area contributed by atoms with Crippen molar-refractivity contribution in [3.8, 4) is 11.5 Å². The van der Waals surface area contributed by atoms with Crippen molar-refractivity contribution >= 4 is 34.3 Å². The van der Waals surface area contributed by atoms with Crippen LogP contribution in [0.15, 0.2) is 54.6 Å². The highest BCUT2D eigenvalue weighted by Crippen LogP contribution is 2.49. The fraction of sp³-hybridized carbons (Fsp3) is 0.344. The molecule has 0 amide bonds. The van der Waals surface area contributed by atoms with E-state index in [-0.39, 0.29) is 23.4 Å². The Hall–Kier alpha value is -3.99. The summed E-state index contributed by atoms with van der Waals surface area (Å²) in [6.45, 7) is 6.54. The zero-order valence-corrected chi connectivity index (χ0v) is 24.5. The highest BCUT2D eigenvalue weighted by molar-refractivity contribution is 6.30. The third-order valence-corrected chi connectivity index (χ3v) is 8.76. The molecule has 43 heavy (non-hydrogen) atoms. The van der Waals surface area contributed by atoms with Crippen LogP contribution in [-0.4, -0.2) is 56.3 Å². The summed E-state index contributed by atoms with van der Waals surface area (Å²) >= 11 is 5.97. The molecule has 5 heterocycles. The molecule has 7 rings (SSSR count). The summed E-state index contributed by atoms with van der Waals surface area (Å²) in [5.41, 5.74) is 3.53. The van der Waals surface area contributed by atoms with Gasteiger partial charge in [-0.25, -0.2) is 19.2 Å². The Bertz CT molecular complexity index is 1790. The van der Waals surface area contributed by atoms with Crippen LogP contribution in [0.25, 0.3) is 16.7 Å². The minimum atomic E-state index is -1.32. The van der Waals surface area contributed by atoms with Crippen LogP contribution < -0.4 is 9.47 Å². The molecule has 0 bridgehead atoms. The van der Waals surface area contributed by atoms with Gasteiger partial charge in [-0.3, -0.25) is 4.90 Å². The molecule has 0 radical (unpaired) electrons. The van der Waals surface area contributed by atoms with Gasteiger partial charge < -0.3 is 23.9 Å². The van der Waals surface area contributed by atoms with E-state index in [1.165, 1.54) is 12.1 Å². The van der Waals surface area contributed by atoms with Crippen LogP contribution >= 0.6 is 11.6 Å². The number of para-hydroxylation sites is 1. The fourth-order valence-electron chi connectivity index (χ4n) is 6.06. The zero-order valence-electron chi connectivity index (χ0n) is 23.7. The quantitative estimate of drug-likeness (QED) is 0.266. The molecular formula is C32H30ClFN4O5. The van der Waals surface area contributed by atoms with Gasteiger partial charge in [-0.1, -0.05) is 29.8 Å². The summed E-state index contributed by atoms with van der Waals surface area (Å²) in [4.78, 5) is 23.3. The Labute approximate surface area is 252 Å². The molecule has 0 aliphatic carbocycles. The largest absolute Gasteiger partial charge is 0.477 e. The van der Waals surface area contributed by atoms with Crippen LogP contribution in [0.1, 0.15) is 60.2 Å². The van der Waals surface area contributed by atoms with Gasteiger partial charge in [0.05, 0.1) is 24.3 Å². The van der Waals surface area contributed by atoms with Crippen molar-refractivity contribution < 1.29 is 28.5 Å². The monoisotopic (exact) mass is 604 g/mol. The Balaban J connectivity index is 1.15. The summed E-state index contributed by atoms with van der Waals surface area (Å²) < 4.78 is 35.0. The SMILES string of the molecule is C[C@@H](c1nc2ccc(C(=O)O)nc2n1C[C@@H]1CCO1)N1CC=C(c2cccc3c2O[C@](C)(c2ccc(Cl)cc2F)O3)CC1. The van der Waals surface area contributed by atoms with Gasteiger partial charge in [-0.15, -0.1) is 0 Å². The molecule has 3 aliphatic rings. The number of ether oxygens (including phenoxy) is 3. The van der Waals surface area contributed by atoms with E-state index >= 15 is 0 Å². The average Bonchev–Trinajstić information content (AvgIpc) is 3.51. The molecule has 9 nitrogen and oxygen atoms in total. The van der Waals surface area contributed by atoms with E-state index in [2.05, 4.69) is 22.9 Å². The molecule has 1 saturated heterocycles. The summed E-state index contributed by atoms with van der Waals surface area (Å²) in [7, 11) is 0. The molecule has 3 atom stereocenters. The van der Waals surface area contributed by atoms with Crippen LogP contribution in [0.3, 0.4) is 0 Å². The maximum atomic E-state index is 14.8. The number of halogens is 2. The predicted octanol–water partition coefficient (Wildman–Crippen LogP) is 6.21. The van der Waals surface area contributed by atoms with Crippen molar-refractivity contribution in [2.24, 2.45) is 0 Å². The lowest BCUT2D eigenvalue weighted by molar-refractivity contribution is -0.0708. The van der Waals surface area contributed by atoms with Crippen LogP contribution in [0.4, 0.5) is 4.39 Å². The number of fused-ring (bicyclic) bond motifs is 2. The summed E-state index contributed by atoms with van der Waals surface area (Å²) in [6.07, 6.45) is 3.93. The van der Waals surface area contributed by atoms with Gasteiger partial charge in [0.2, 0.25) is 0 Å². The number of carbonyl (C=O) groups is 1. The standard InChI is InChI=1S/C32H30ClFN4O5/c1-18(29-35-25-8-9-26(31(39)40)36-30(25)38(29)17-21-12-15-41-21)37-13-10-19(11-14-37)22-4-3-5-27-28(22)43-32(2,42-27)23-7-6-20(33)16-24(23)34/h3-10,16,18,21H,11-15,17H2,1-2H3,(H,39,40)/t18-,21-,32+/m0/s1. The maximum Gasteiger partial charge on any atom is 0.354 e. The number of carboxylic acids is 1. The topological polar surface area (TPSA) is 98.9 Å². The van der Waals surface area contributed by atoms with Gasteiger partial charge in [-0.05, 0) is 61.7 Å². The van der Waals surface area contributed by atoms with Crippen molar-refractivity contribution in [2.45, 2.75) is 51.2 Å². The normalized spacial score (nSPS) is 22.3. The average molecular weight is 605 g/mol. The molecule has 4 aromatic rings. The van der Waals surface area contributed by atoms with Crippen LogP contribution in [0.5, 0.6) is 11.5 Å². The Morgan fingerprint density at radius 2 is 2.05 bits per heavy atom. The van der Waals surface area contributed by atoms with Gasteiger partial charge in [0, 0.05) is 37.2 Å². The first-order valence-corrected chi connectivity index (χ1v) is 14.7. The second-order valence-corrected chi connectivity index (χ2v) is 11.7. The number of carboxylic acid groups (broad SMARTS) is 1. The lowest BCUT2D eigenvalue weighted by Gasteiger charge is -2.33. The summed E-state index contributed by atoms with van der Waals surface area (Å²) in [5, 5.41) is 9.82. The third kappa shape index (κ3) is 4.93. The van der Waals surface area contributed by atoms with E-state index < -0.39 is 17.6 Å². The molecule has 1 fully saturated rings. The minimum Gasteiger partial charge on any atom is -0.477 e. The molecular weight excluding hydrogens is 575 g/mol. The van der Waals surface area contributed by atoms with Gasteiger partial charge >= 0.3 is 5.97 Å². The smallest absolute Gasteiger partial charge is 0.354 e. The van der Waals surface area contributed by atoms with Gasteiger partial charge in [0.25, 0.3) is 5.79 Å². The van der Waals surface area contributed by atoms with Crippen molar-refractivity contribution in [1.82, 2.24) is 19.4 Å². The number of imidazole rings is 1. The third-order valence-electron chi connectivity index (χ3n) is 8.53. The van der Waals surface area contributed by atoms with Crippen LogP contribution in [0, 0.1) is 5.82 Å². The first kappa shape index (κ1) is 27.8. The van der Waals surface area contributed by atoms with E-state index in [0.717, 1.165) is 43.0 Å². The van der Waals surface area contributed by atoms with Gasteiger partial charge in [0.15, 0.2) is 22.8 Å². The molecule has 2 aromatic carbocycles. The molecule has 0 spiro atoms. The van der Waals surface area contributed by atoms with Gasteiger partial charge in [0.1, 0.15) is 17.2 Å². The highest BCUT2D eigenvalue weighted by atomic mass is 35.5. The molecule has 1 N–H and O–H groups in total. The molecule has 222 valence electrons. The number of pyridine rings is 1. The fourth-order valence-corrected chi connectivity index (χ4v) is 6.22. The molecule has 2 aromatic heterocycles.